The van der Waals surface area contributed by atoms with E-state index < -0.39 is 13.0 Å². The molecular formula is C13H15BrF2O2. The third kappa shape index (κ3) is 3.65. The Hall–Kier alpha value is -0.680. The maximum Gasteiger partial charge on any atom is 0.261 e. The summed E-state index contributed by atoms with van der Waals surface area (Å²) in [6.45, 7) is 0.578. The monoisotopic (exact) mass is 320 g/mol. The van der Waals surface area contributed by atoms with Gasteiger partial charge in [0.1, 0.15) is 12.4 Å². The molecule has 18 heavy (non-hydrogen) atoms. The first-order valence-corrected chi connectivity index (χ1v) is 6.84. The summed E-state index contributed by atoms with van der Waals surface area (Å²) in [4.78, 5) is 0.126. The van der Waals surface area contributed by atoms with E-state index in [0.29, 0.717) is 13.0 Å². The second-order valence-corrected chi connectivity index (χ2v) is 5.29. The lowest BCUT2D eigenvalue weighted by Gasteiger charge is -2.11. The third-order valence-corrected chi connectivity index (χ3v) is 3.82. The SMILES string of the molecule is FC(F)COCCC(Br)c1ccc2c(c1)CCO2. The summed E-state index contributed by atoms with van der Waals surface area (Å²) in [5.41, 5.74) is 2.35. The second kappa shape index (κ2) is 6.48. The van der Waals surface area contributed by atoms with Gasteiger partial charge in [-0.3, -0.25) is 0 Å². The van der Waals surface area contributed by atoms with Crippen LogP contribution in [0.2, 0.25) is 0 Å². The fourth-order valence-corrected chi connectivity index (χ4v) is 2.40. The summed E-state index contributed by atoms with van der Waals surface area (Å²) in [7, 11) is 0. The molecule has 1 heterocycles. The van der Waals surface area contributed by atoms with Crippen LogP contribution in [0.25, 0.3) is 0 Å². The number of hydrogen-bond acceptors (Lipinski definition) is 2. The molecule has 100 valence electrons. The van der Waals surface area contributed by atoms with E-state index in [9.17, 15) is 8.78 Å². The van der Waals surface area contributed by atoms with Gasteiger partial charge >= 0.3 is 0 Å². The summed E-state index contributed by atoms with van der Waals surface area (Å²) in [6.07, 6.45) is -0.784. The van der Waals surface area contributed by atoms with Gasteiger partial charge in [0.05, 0.1) is 6.61 Å². The molecule has 5 heteroatoms. The maximum atomic E-state index is 11.9. The summed E-state index contributed by atoms with van der Waals surface area (Å²) >= 11 is 3.55. The van der Waals surface area contributed by atoms with Crippen molar-refractivity contribution >= 4 is 15.9 Å². The van der Waals surface area contributed by atoms with Gasteiger partial charge in [-0.2, -0.15) is 0 Å². The van der Waals surface area contributed by atoms with Gasteiger partial charge in [-0.05, 0) is 23.6 Å². The molecule has 0 radical (unpaired) electrons. The smallest absolute Gasteiger partial charge is 0.261 e. The zero-order valence-electron chi connectivity index (χ0n) is 9.87. The first-order chi connectivity index (χ1) is 8.66. The van der Waals surface area contributed by atoms with Gasteiger partial charge in [0.15, 0.2) is 0 Å². The average Bonchev–Trinajstić information content (AvgIpc) is 2.81. The Morgan fingerprint density at radius 1 is 1.39 bits per heavy atom. The van der Waals surface area contributed by atoms with Crippen molar-refractivity contribution in [3.05, 3.63) is 29.3 Å². The van der Waals surface area contributed by atoms with Crippen molar-refractivity contribution in [2.24, 2.45) is 0 Å². The van der Waals surface area contributed by atoms with E-state index in [4.69, 9.17) is 9.47 Å². The van der Waals surface area contributed by atoms with Gasteiger partial charge in [-0.15, -0.1) is 0 Å². The molecule has 2 nitrogen and oxygen atoms in total. The number of hydrogen-bond donors (Lipinski definition) is 0. The molecule has 1 aromatic carbocycles. The molecule has 1 atom stereocenters. The topological polar surface area (TPSA) is 18.5 Å². The minimum atomic E-state index is -2.39. The highest BCUT2D eigenvalue weighted by Gasteiger charge is 2.15. The molecule has 1 unspecified atom stereocenters. The van der Waals surface area contributed by atoms with Crippen molar-refractivity contribution in [3.63, 3.8) is 0 Å². The molecule has 0 bridgehead atoms. The lowest BCUT2D eigenvalue weighted by atomic mass is 10.1. The van der Waals surface area contributed by atoms with Crippen LogP contribution in [0.3, 0.4) is 0 Å². The summed E-state index contributed by atoms with van der Waals surface area (Å²) in [6, 6.07) is 6.07. The average molecular weight is 321 g/mol. The van der Waals surface area contributed by atoms with Gasteiger partial charge < -0.3 is 9.47 Å². The molecule has 0 spiro atoms. The largest absolute Gasteiger partial charge is 0.493 e. The van der Waals surface area contributed by atoms with E-state index >= 15 is 0 Å². The Balaban J connectivity index is 1.83. The van der Waals surface area contributed by atoms with E-state index in [1.54, 1.807) is 0 Å². The van der Waals surface area contributed by atoms with Crippen LogP contribution in [0.15, 0.2) is 18.2 Å². The van der Waals surface area contributed by atoms with Crippen LogP contribution in [0, 0.1) is 0 Å². The van der Waals surface area contributed by atoms with E-state index in [2.05, 4.69) is 22.0 Å². The van der Waals surface area contributed by atoms with Gasteiger partial charge in [0.2, 0.25) is 0 Å². The number of alkyl halides is 3. The predicted molar refractivity (Wildman–Crippen MR) is 68.7 cm³/mol. The van der Waals surface area contributed by atoms with Crippen LogP contribution in [0.4, 0.5) is 8.78 Å². The Labute approximate surface area is 113 Å². The van der Waals surface area contributed by atoms with Gasteiger partial charge in [0.25, 0.3) is 6.43 Å². The van der Waals surface area contributed by atoms with Crippen LogP contribution in [-0.2, 0) is 11.2 Å². The Kier molecular flexibility index (Phi) is 4.95. The molecular weight excluding hydrogens is 306 g/mol. The first kappa shape index (κ1) is 13.7. The van der Waals surface area contributed by atoms with Gasteiger partial charge in [-0.1, -0.05) is 28.1 Å². The number of benzene rings is 1. The number of fused-ring (bicyclic) bond motifs is 1. The lowest BCUT2D eigenvalue weighted by molar-refractivity contribution is 0.0167. The maximum absolute atomic E-state index is 11.9. The molecule has 0 amide bonds. The highest BCUT2D eigenvalue weighted by Crippen LogP contribution is 2.32. The van der Waals surface area contributed by atoms with Crippen molar-refractivity contribution < 1.29 is 18.3 Å². The fourth-order valence-electron chi connectivity index (χ4n) is 1.93. The molecule has 0 aromatic heterocycles. The minimum absolute atomic E-state index is 0.126. The number of halogens is 3. The fraction of sp³-hybridized carbons (Fsp3) is 0.538. The molecule has 0 saturated heterocycles. The molecule has 1 aliphatic rings. The van der Waals surface area contributed by atoms with Crippen molar-refractivity contribution in [2.75, 3.05) is 19.8 Å². The third-order valence-electron chi connectivity index (χ3n) is 2.83. The second-order valence-electron chi connectivity index (χ2n) is 4.19. The zero-order valence-corrected chi connectivity index (χ0v) is 11.5. The van der Waals surface area contributed by atoms with Gasteiger partial charge in [0, 0.05) is 17.9 Å². The summed E-state index contributed by atoms with van der Waals surface area (Å²) in [5, 5.41) is 0. The Morgan fingerprint density at radius 3 is 3.00 bits per heavy atom. The van der Waals surface area contributed by atoms with Crippen molar-refractivity contribution in [2.45, 2.75) is 24.1 Å². The summed E-state index contributed by atoms with van der Waals surface area (Å²) < 4.78 is 34.1. The van der Waals surface area contributed by atoms with E-state index in [0.717, 1.165) is 24.3 Å². The quantitative estimate of drug-likeness (QED) is 0.587. The Morgan fingerprint density at radius 2 is 2.22 bits per heavy atom. The normalized spacial score (nSPS) is 15.6. The van der Waals surface area contributed by atoms with Crippen LogP contribution < -0.4 is 4.74 Å². The van der Waals surface area contributed by atoms with Crippen LogP contribution in [-0.4, -0.2) is 26.2 Å². The van der Waals surface area contributed by atoms with Crippen LogP contribution >= 0.6 is 15.9 Å². The molecule has 1 aliphatic heterocycles. The van der Waals surface area contributed by atoms with Gasteiger partial charge in [-0.25, -0.2) is 8.78 Å². The first-order valence-electron chi connectivity index (χ1n) is 5.92. The Bertz CT molecular complexity index is 399. The molecule has 1 aromatic rings. The van der Waals surface area contributed by atoms with Crippen LogP contribution in [0.1, 0.15) is 22.4 Å². The molecule has 0 saturated carbocycles. The standard InChI is InChI=1S/C13H15BrF2O2/c14-11(4-5-17-8-13(15)16)9-1-2-12-10(7-9)3-6-18-12/h1-2,7,11,13H,3-6,8H2. The van der Waals surface area contributed by atoms with Crippen molar-refractivity contribution in [1.29, 1.82) is 0 Å². The highest BCUT2D eigenvalue weighted by molar-refractivity contribution is 9.09. The molecule has 0 fully saturated rings. The lowest BCUT2D eigenvalue weighted by Crippen LogP contribution is -2.06. The predicted octanol–water partition coefficient (Wildman–Crippen LogP) is 3.73. The van der Waals surface area contributed by atoms with Crippen LogP contribution in [0.5, 0.6) is 5.75 Å². The van der Waals surface area contributed by atoms with E-state index in [1.807, 2.05) is 12.1 Å². The number of rotatable bonds is 6. The number of ether oxygens (including phenoxy) is 2. The van der Waals surface area contributed by atoms with E-state index in [-0.39, 0.29) is 4.83 Å². The highest BCUT2D eigenvalue weighted by atomic mass is 79.9. The summed E-state index contributed by atoms with van der Waals surface area (Å²) in [5.74, 6) is 0.951. The molecule has 0 aliphatic carbocycles. The zero-order chi connectivity index (χ0) is 13.0. The van der Waals surface area contributed by atoms with E-state index in [1.165, 1.54) is 5.56 Å². The van der Waals surface area contributed by atoms with Crippen molar-refractivity contribution in [3.8, 4) is 5.75 Å². The van der Waals surface area contributed by atoms with Crippen molar-refractivity contribution in [1.82, 2.24) is 0 Å². The minimum Gasteiger partial charge on any atom is -0.493 e. The molecule has 0 N–H and O–H groups in total. The molecule has 2 rings (SSSR count).